The Labute approximate surface area is 195 Å². The van der Waals surface area contributed by atoms with Crippen LogP contribution < -0.4 is 5.32 Å². The van der Waals surface area contributed by atoms with Gasteiger partial charge >= 0.3 is 12.0 Å². The fourth-order valence-electron chi connectivity index (χ4n) is 3.24. The average molecular weight is 459 g/mol. The van der Waals surface area contributed by atoms with Gasteiger partial charge in [-0.3, -0.25) is 4.79 Å². The molecule has 33 heavy (non-hydrogen) atoms. The lowest BCUT2D eigenvalue weighted by Crippen LogP contribution is -2.45. The van der Waals surface area contributed by atoms with Crippen LogP contribution in [-0.4, -0.2) is 72.2 Å². The van der Waals surface area contributed by atoms with Gasteiger partial charge in [0.2, 0.25) is 5.91 Å². The van der Waals surface area contributed by atoms with Gasteiger partial charge in [-0.15, -0.1) is 0 Å². The standard InChI is InChI=1S/C24H34N4O5/c1-5-13-28(24(31)25-20-11-9-19(10-12-20)23(30)33-6-2)18-22(29)27(15-16-32-4)17-21-8-7-14-26(21)3/h7-12,14H,5-6,13,15-18H2,1-4H3,(H,25,31). The first kappa shape index (κ1) is 25.9. The van der Waals surface area contributed by atoms with Crippen molar-refractivity contribution in [2.45, 2.75) is 26.8 Å². The molecular formula is C24H34N4O5. The molecule has 0 fully saturated rings. The number of methoxy groups -OCH3 is 1. The van der Waals surface area contributed by atoms with Gasteiger partial charge < -0.3 is 29.2 Å². The molecule has 3 amide bonds. The van der Waals surface area contributed by atoms with E-state index < -0.39 is 5.97 Å². The number of amides is 3. The van der Waals surface area contributed by atoms with E-state index >= 15 is 0 Å². The smallest absolute Gasteiger partial charge is 0.338 e. The van der Waals surface area contributed by atoms with E-state index in [0.717, 1.165) is 5.69 Å². The maximum Gasteiger partial charge on any atom is 0.338 e. The molecule has 0 radical (unpaired) electrons. The Morgan fingerprint density at radius 2 is 1.76 bits per heavy atom. The van der Waals surface area contributed by atoms with E-state index in [-0.39, 0.29) is 18.5 Å². The Kier molecular flexibility index (Phi) is 10.4. The molecule has 0 aliphatic heterocycles. The van der Waals surface area contributed by atoms with Crippen molar-refractivity contribution in [2.24, 2.45) is 7.05 Å². The van der Waals surface area contributed by atoms with Crippen molar-refractivity contribution < 1.29 is 23.9 Å². The van der Waals surface area contributed by atoms with Crippen LogP contribution in [0.15, 0.2) is 42.6 Å². The fourth-order valence-corrected chi connectivity index (χ4v) is 3.24. The lowest BCUT2D eigenvalue weighted by atomic mass is 10.2. The maximum absolute atomic E-state index is 13.1. The van der Waals surface area contributed by atoms with E-state index in [1.807, 2.05) is 36.9 Å². The zero-order chi connectivity index (χ0) is 24.2. The molecular weight excluding hydrogens is 424 g/mol. The summed E-state index contributed by atoms with van der Waals surface area (Å²) in [5.41, 5.74) is 1.93. The number of nitrogens with zero attached hydrogens (tertiary/aromatic N) is 3. The number of rotatable bonds is 12. The molecule has 0 aliphatic rings. The molecule has 0 unspecified atom stereocenters. The van der Waals surface area contributed by atoms with Gasteiger partial charge in [0, 0.05) is 44.8 Å². The molecule has 1 aromatic heterocycles. The van der Waals surface area contributed by atoms with Crippen LogP contribution in [0, 0.1) is 0 Å². The number of hydrogen-bond acceptors (Lipinski definition) is 5. The number of anilines is 1. The van der Waals surface area contributed by atoms with Gasteiger partial charge in [-0.05, 0) is 49.7 Å². The van der Waals surface area contributed by atoms with Crippen LogP contribution in [0.1, 0.15) is 36.3 Å². The summed E-state index contributed by atoms with van der Waals surface area (Å²) in [6, 6.07) is 9.97. The molecule has 180 valence electrons. The zero-order valence-electron chi connectivity index (χ0n) is 19.9. The summed E-state index contributed by atoms with van der Waals surface area (Å²) in [6.07, 6.45) is 2.64. The number of ether oxygens (including phenoxy) is 2. The minimum Gasteiger partial charge on any atom is -0.462 e. The maximum atomic E-state index is 13.1. The van der Waals surface area contributed by atoms with Gasteiger partial charge in [-0.25, -0.2) is 9.59 Å². The first-order valence-electron chi connectivity index (χ1n) is 11.1. The number of aryl methyl sites for hydroxylation is 1. The first-order valence-corrected chi connectivity index (χ1v) is 11.1. The summed E-state index contributed by atoms with van der Waals surface area (Å²) >= 11 is 0. The Balaban J connectivity index is 2.05. The third-order valence-electron chi connectivity index (χ3n) is 5.08. The number of nitrogens with one attached hydrogen (secondary N) is 1. The van der Waals surface area contributed by atoms with Gasteiger partial charge in [-0.2, -0.15) is 0 Å². The van der Waals surface area contributed by atoms with Crippen LogP contribution in [0.25, 0.3) is 0 Å². The number of carbonyl (C=O) groups excluding carboxylic acids is 3. The molecule has 2 aromatic rings. The molecule has 0 spiro atoms. The van der Waals surface area contributed by atoms with E-state index in [4.69, 9.17) is 9.47 Å². The molecule has 0 saturated carbocycles. The molecule has 9 nitrogen and oxygen atoms in total. The number of esters is 1. The molecule has 1 heterocycles. The molecule has 0 atom stereocenters. The number of carbonyl (C=O) groups is 3. The summed E-state index contributed by atoms with van der Waals surface area (Å²) in [5.74, 6) is -0.572. The van der Waals surface area contributed by atoms with Crippen LogP contribution in [0.5, 0.6) is 0 Å². The van der Waals surface area contributed by atoms with Crippen molar-refractivity contribution >= 4 is 23.6 Å². The largest absolute Gasteiger partial charge is 0.462 e. The molecule has 1 N–H and O–H groups in total. The van der Waals surface area contributed by atoms with Crippen molar-refractivity contribution in [3.05, 3.63) is 53.9 Å². The second-order valence-corrected chi connectivity index (χ2v) is 7.57. The van der Waals surface area contributed by atoms with Crippen molar-refractivity contribution in [2.75, 3.05) is 45.3 Å². The molecule has 0 saturated heterocycles. The highest BCUT2D eigenvalue weighted by Crippen LogP contribution is 2.12. The van der Waals surface area contributed by atoms with Gasteiger partial charge in [-0.1, -0.05) is 6.92 Å². The summed E-state index contributed by atoms with van der Waals surface area (Å²) in [5, 5.41) is 2.80. The molecule has 0 aliphatic carbocycles. The highest BCUT2D eigenvalue weighted by atomic mass is 16.5. The average Bonchev–Trinajstić information content (AvgIpc) is 3.21. The molecule has 2 rings (SSSR count). The Morgan fingerprint density at radius 1 is 1.03 bits per heavy atom. The fraction of sp³-hybridized carbons (Fsp3) is 0.458. The van der Waals surface area contributed by atoms with Crippen LogP contribution >= 0.6 is 0 Å². The monoisotopic (exact) mass is 458 g/mol. The van der Waals surface area contributed by atoms with Crippen molar-refractivity contribution in [1.82, 2.24) is 14.4 Å². The van der Waals surface area contributed by atoms with Gasteiger partial charge in [0.15, 0.2) is 0 Å². The predicted octanol–water partition coefficient (Wildman–Crippen LogP) is 3.12. The zero-order valence-corrected chi connectivity index (χ0v) is 19.9. The number of benzene rings is 1. The Morgan fingerprint density at radius 3 is 2.33 bits per heavy atom. The predicted molar refractivity (Wildman–Crippen MR) is 126 cm³/mol. The number of urea groups is 1. The number of hydrogen-bond donors (Lipinski definition) is 1. The van der Waals surface area contributed by atoms with E-state index in [0.29, 0.717) is 50.5 Å². The number of aromatic nitrogens is 1. The SMILES string of the molecule is CCCN(CC(=O)N(CCOC)Cc1cccn1C)C(=O)Nc1ccc(C(=O)OCC)cc1. The van der Waals surface area contributed by atoms with E-state index in [9.17, 15) is 14.4 Å². The van der Waals surface area contributed by atoms with Crippen LogP contribution in [0.2, 0.25) is 0 Å². The quantitative estimate of drug-likeness (QED) is 0.494. The van der Waals surface area contributed by atoms with Crippen LogP contribution in [0.4, 0.5) is 10.5 Å². The summed E-state index contributed by atoms with van der Waals surface area (Å²) < 4.78 is 12.1. The van der Waals surface area contributed by atoms with Crippen LogP contribution in [0.3, 0.4) is 0 Å². The summed E-state index contributed by atoms with van der Waals surface area (Å²) in [4.78, 5) is 41.0. The van der Waals surface area contributed by atoms with Crippen molar-refractivity contribution in [1.29, 1.82) is 0 Å². The Hall–Kier alpha value is -3.33. The molecule has 1 aromatic carbocycles. The van der Waals surface area contributed by atoms with E-state index in [1.54, 1.807) is 43.2 Å². The molecule has 0 bridgehead atoms. The van der Waals surface area contributed by atoms with Crippen molar-refractivity contribution in [3.63, 3.8) is 0 Å². The van der Waals surface area contributed by atoms with Gasteiger partial charge in [0.25, 0.3) is 0 Å². The second-order valence-electron chi connectivity index (χ2n) is 7.57. The normalized spacial score (nSPS) is 10.5. The third-order valence-corrected chi connectivity index (χ3v) is 5.08. The summed E-state index contributed by atoms with van der Waals surface area (Å²) in [7, 11) is 3.52. The van der Waals surface area contributed by atoms with Gasteiger partial charge in [0.05, 0.1) is 25.3 Å². The topological polar surface area (TPSA) is 93.1 Å². The highest BCUT2D eigenvalue weighted by Gasteiger charge is 2.22. The third kappa shape index (κ3) is 7.94. The summed E-state index contributed by atoms with van der Waals surface area (Å²) in [6.45, 7) is 5.64. The van der Waals surface area contributed by atoms with E-state index in [1.165, 1.54) is 4.90 Å². The second kappa shape index (κ2) is 13.3. The lowest BCUT2D eigenvalue weighted by molar-refractivity contribution is -0.133. The Bertz CT molecular complexity index is 910. The lowest BCUT2D eigenvalue weighted by Gasteiger charge is -2.27. The first-order chi connectivity index (χ1) is 15.9. The minimum atomic E-state index is -0.414. The van der Waals surface area contributed by atoms with E-state index in [2.05, 4.69) is 5.32 Å². The molecule has 9 heteroatoms. The highest BCUT2D eigenvalue weighted by molar-refractivity contribution is 5.94. The van der Waals surface area contributed by atoms with Gasteiger partial charge in [0.1, 0.15) is 6.54 Å². The van der Waals surface area contributed by atoms with Crippen LogP contribution in [-0.2, 0) is 27.9 Å². The minimum absolute atomic E-state index is 0.0469. The van der Waals surface area contributed by atoms with Crippen molar-refractivity contribution in [3.8, 4) is 0 Å².